The van der Waals surface area contributed by atoms with E-state index in [4.69, 9.17) is 0 Å². The minimum absolute atomic E-state index is 0.705. The van der Waals surface area contributed by atoms with Gasteiger partial charge in [0.25, 0.3) is 0 Å². The smallest absolute Gasteiger partial charge is 0.0246 e. The molecule has 1 aliphatic rings. The normalized spacial score (nSPS) is 19.3. The van der Waals surface area contributed by atoms with Crippen molar-refractivity contribution in [2.24, 2.45) is 11.8 Å². The number of nitrogens with one attached hydrogen (secondary N) is 1. The lowest BCUT2D eigenvalue weighted by atomic mass is 9.98. The van der Waals surface area contributed by atoms with Crippen LogP contribution >= 0.6 is 0 Å². The summed E-state index contributed by atoms with van der Waals surface area (Å²) < 4.78 is 0. The largest absolute Gasteiger partial charge is 0.318 e. The van der Waals surface area contributed by atoms with Crippen LogP contribution in [0.5, 0.6) is 0 Å². The van der Waals surface area contributed by atoms with Crippen LogP contribution in [0.4, 0.5) is 0 Å². The second-order valence-electron chi connectivity index (χ2n) is 6.73. The molecule has 2 heteroatoms. The molecule has 108 valence electrons. The minimum Gasteiger partial charge on any atom is -0.318 e. The molecule has 0 aromatic rings. The number of rotatable bonds is 8. The van der Waals surface area contributed by atoms with Crippen molar-refractivity contribution in [3.8, 4) is 0 Å². The standard InChI is InChI=1S/C16H34N2/c1-13(2)10-11-18(15-8-6-7-9-15)16(12-17-5)14(3)4/h13-17H,6-12H2,1-5H3. The predicted molar refractivity (Wildman–Crippen MR) is 81.0 cm³/mol. The Bertz CT molecular complexity index is 207. The van der Waals surface area contributed by atoms with E-state index in [-0.39, 0.29) is 0 Å². The van der Waals surface area contributed by atoms with Crippen molar-refractivity contribution in [1.82, 2.24) is 10.2 Å². The second kappa shape index (κ2) is 8.16. The van der Waals surface area contributed by atoms with Gasteiger partial charge in [-0.1, -0.05) is 40.5 Å². The van der Waals surface area contributed by atoms with Crippen LogP contribution in [0, 0.1) is 11.8 Å². The first-order valence-electron chi connectivity index (χ1n) is 7.96. The molecular formula is C16H34N2. The Balaban J connectivity index is 2.65. The summed E-state index contributed by atoms with van der Waals surface area (Å²) in [5, 5.41) is 3.40. The molecule has 0 saturated heterocycles. The molecule has 1 atom stereocenters. The van der Waals surface area contributed by atoms with Crippen LogP contribution in [0.2, 0.25) is 0 Å². The average molecular weight is 254 g/mol. The molecule has 18 heavy (non-hydrogen) atoms. The van der Waals surface area contributed by atoms with Gasteiger partial charge in [0.15, 0.2) is 0 Å². The molecule has 0 aliphatic heterocycles. The first-order chi connectivity index (χ1) is 8.56. The van der Waals surface area contributed by atoms with Gasteiger partial charge in [0, 0.05) is 18.6 Å². The first kappa shape index (κ1) is 16.0. The van der Waals surface area contributed by atoms with Gasteiger partial charge in [-0.15, -0.1) is 0 Å². The van der Waals surface area contributed by atoms with Gasteiger partial charge in [-0.25, -0.2) is 0 Å². The van der Waals surface area contributed by atoms with Gasteiger partial charge in [0.1, 0.15) is 0 Å². The van der Waals surface area contributed by atoms with Crippen LogP contribution in [-0.4, -0.2) is 37.1 Å². The van der Waals surface area contributed by atoms with E-state index in [1.54, 1.807) is 0 Å². The molecule has 0 bridgehead atoms. The van der Waals surface area contributed by atoms with E-state index in [0.717, 1.165) is 24.4 Å². The van der Waals surface area contributed by atoms with Crippen molar-refractivity contribution in [1.29, 1.82) is 0 Å². The van der Waals surface area contributed by atoms with Crippen molar-refractivity contribution < 1.29 is 0 Å². The molecule has 1 aliphatic carbocycles. The Morgan fingerprint density at radius 1 is 1.11 bits per heavy atom. The fourth-order valence-corrected chi connectivity index (χ4v) is 3.21. The fourth-order valence-electron chi connectivity index (χ4n) is 3.21. The zero-order valence-corrected chi connectivity index (χ0v) is 13.2. The van der Waals surface area contributed by atoms with Gasteiger partial charge in [-0.2, -0.15) is 0 Å². The lowest BCUT2D eigenvalue weighted by Crippen LogP contribution is -2.49. The SMILES string of the molecule is CNCC(C(C)C)N(CCC(C)C)C1CCCC1. The zero-order valence-electron chi connectivity index (χ0n) is 13.2. The zero-order chi connectivity index (χ0) is 13.5. The summed E-state index contributed by atoms with van der Waals surface area (Å²) in [5.41, 5.74) is 0. The topological polar surface area (TPSA) is 15.3 Å². The molecule has 0 aromatic carbocycles. The maximum atomic E-state index is 3.40. The van der Waals surface area contributed by atoms with Gasteiger partial charge in [-0.05, 0) is 44.7 Å². The second-order valence-corrected chi connectivity index (χ2v) is 6.73. The van der Waals surface area contributed by atoms with E-state index in [1.807, 2.05) is 0 Å². The van der Waals surface area contributed by atoms with Crippen molar-refractivity contribution in [2.75, 3.05) is 20.1 Å². The van der Waals surface area contributed by atoms with E-state index < -0.39 is 0 Å². The Kier molecular flexibility index (Phi) is 7.25. The Morgan fingerprint density at radius 3 is 2.17 bits per heavy atom. The number of hydrogen-bond acceptors (Lipinski definition) is 2. The van der Waals surface area contributed by atoms with Crippen molar-refractivity contribution in [3.05, 3.63) is 0 Å². The highest BCUT2D eigenvalue weighted by atomic mass is 15.2. The average Bonchev–Trinajstić information content (AvgIpc) is 2.81. The monoisotopic (exact) mass is 254 g/mol. The molecular weight excluding hydrogens is 220 g/mol. The van der Waals surface area contributed by atoms with Gasteiger partial charge in [0.05, 0.1) is 0 Å². The third-order valence-corrected chi connectivity index (χ3v) is 4.37. The van der Waals surface area contributed by atoms with Gasteiger partial charge < -0.3 is 5.32 Å². The van der Waals surface area contributed by atoms with Crippen molar-refractivity contribution in [2.45, 2.75) is 71.9 Å². The molecule has 1 N–H and O–H groups in total. The number of likely N-dealkylation sites (N-methyl/N-ethyl adjacent to an activating group) is 1. The molecule has 1 rings (SSSR count). The Morgan fingerprint density at radius 2 is 1.72 bits per heavy atom. The summed E-state index contributed by atoms with van der Waals surface area (Å²) in [6, 6.07) is 1.56. The third kappa shape index (κ3) is 4.89. The Labute approximate surface area is 115 Å². The number of hydrogen-bond donors (Lipinski definition) is 1. The molecule has 0 aromatic heterocycles. The van der Waals surface area contributed by atoms with Crippen LogP contribution < -0.4 is 5.32 Å². The lowest BCUT2D eigenvalue weighted by Gasteiger charge is -2.39. The molecule has 1 unspecified atom stereocenters. The van der Waals surface area contributed by atoms with E-state index in [9.17, 15) is 0 Å². The molecule has 0 amide bonds. The summed E-state index contributed by atoms with van der Waals surface area (Å²) in [7, 11) is 2.09. The highest BCUT2D eigenvalue weighted by Crippen LogP contribution is 2.27. The molecule has 0 spiro atoms. The highest BCUT2D eigenvalue weighted by Gasteiger charge is 2.29. The molecule has 0 heterocycles. The highest BCUT2D eigenvalue weighted by molar-refractivity contribution is 4.85. The summed E-state index contributed by atoms with van der Waals surface area (Å²) in [6.45, 7) is 11.8. The summed E-state index contributed by atoms with van der Waals surface area (Å²) in [6.07, 6.45) is 7.06. The maximum absolute atomic E-state index is 3.40. The van der Waals surface area contributed by atoms with E-state index >= 15 is 0 Å². The minimum atomic E-state index is 0.705. The van der Waals surface area contributed by atoms with E-state index in [0.29, 0.717) is 6.04 Å². The van der Waals surface area contributed by atoms with Gasteiger partial charge in [-0.3, -0.25) is 4.90 Å². The Hall–Kier alpha value is -0.0800. The predicted octanol–water partition coefficient (Wildman–Crippen LogP) is 3.52. The van der Waals surface area contributed by atoms with Crippen LogP contribution in [0.25, 0.3) is 0 Å². The van der Waals surface area contributed by atoms with Crippen molar-refractivity contribution in [3.63, 3.8) is 0 Å². The van der Waals surface area contributed by atoms with Gasteiger partial charge >= 0.3 is 0 Å². The number of nitrogens with zero attached hydrogens (tertiary/aromatic N) is 1. The summed E-state index contributed by atoms with van der Waals surface area (Å²) in [5.74, 6) is 1.56. The van der Waals surface area contributed by atoms with Crippen LogP contribution in [0.3, 0.4) is 0 Å². The molecule has 1 saturated carbocycles. The van der Waals surface area contributed by atoms with E-state index in [1.165, 1.54) is 38.6 Å². The van der Waals surface area contributed by atoms with Crippen molar-refractivity contribution >= 4 is 0 Å². The molecule has 2 nitrogen and oxygen atoms in total. The molecule has 1 fully saturated rings. The van der Waals surface area contributed by atoms with Crippen LogP contribution in [0.1, 0.15) is 59.8 Å². The van der Waals surface area contributed by atoms with Crippen LogP contribution in [0.15, 0.2) is 0 Å². The van der Waals surface area contributed by atoms with Crippen LogP contribution in [-0.2, 0) is 0 Å². The lowest BCUT2D eigenvalue weighted by molar-refractivity contribution is 0.0968. The fraction of sp³-hybridized carbons (Fsp3) is 1.00. The first-order valence-corrected chi connectivity index (χ1v) is 7.96. The maximum Gasteiger partial charge on any atom is 0.0246 e. The summed E-state index contributed by atoms with van der Waals surface area (Å²) >= 11 is 0. The summed E-state index contributed by atoms with van der Waals surface area (Å²) in [4.78, 5) is 2.83. The quantitative estimate of drug-likeness (QED) is 0.713. The third-order valence-electron chi connectivity index (χ3n) is 4.37. The van der Waals surface area contributed by atoms with Gasteiger partial charge in [0.2, 0.25) is 0 Å². The van der Waals surface area contributed by atoms with E-state index in [2.05, 4.69) is 45.0 Å². The molecule has 0 radical (unpaired) electrons.